The van der Waals surface area contributed by atoms with Gasteiger partial charge in [0.1, 0.15) is 12.1 Å². The lowest BCUT2D eigenvalue weighted by molar-refractivity contribution is -0.138. The SMILES string of the molecule is CC(=O)c1ccc(NC(=O)N[C@H]2C=C(C(=O)N3Cc4ccccc4C[C@H]3C(N)=O)C[C@@H](O)[C@@H]2O)cc1. The van der Waals surface area contributed by atoms with Crippen molar-refractivity contribution >= 4 is 29.3 Å². The largest absolute Gasteiger partial charge is 0.390 e. The lowest BCUT2D eigenvalue weighted by Crippen LogP contribution is -2.54. The molecule has 1 aliphatic carbocycles. The number of hydrogen-bond acceptors (Lipinski definition) is 6. The Morgan fingerprint density at radius 2 is 1.64 bits per heavy atom. The fourth-order valence-corrected chi connectivity index (χ4v) is 4.54. The van der Waals surface area contributed by atoms with Gasteiger partial charge in [0.15, 0.2) is 5.78 Å². The van der Waals surface area contributed by atoms with Crippen LogP contribution < -0.4 is 16.4 Å². The first kappa shape index (κ1) is 25.1. The van der Waals surface area contributed by atoms with Crippen LogP contribution in [-0.2, 0) is 22.6 Å². The number of aliphatic hydroxyl groups excluding tert-OH is 2. The molecule has 0 fully saturated rings. The number of nitrogens with two attached hydrogens (primary N) is 1. The van der Waals surface area contributed by atoms with Crippen molar-refractivity contribution in [2.45, 2.75) is 50.6 Å². The third kappa shape index (κ3) is 5.29. The number of ketones is 1. The lowest BCUT2D eigenvalue weighted by atomic mass is 9.88. The van der Waals surface area contributed by atoms with Crippen molar-refractivity contribution in [2.75, 3.05) is 5.32 Å². The summed E-state index contributed by atoms with van der Waals surface area (Å²) in [5, 5.41) is 26.0. The summed E-state index contributed by atoms with van der Waals surface area (Å²) in [6.45, 7) is 1.61. The van der Waals surface area contributed by atoms with E-state index < -0.39 is 42.1 Å². The maximum absolute atomic E-state index is 13.4. The molecular weight excluding hydrogens is 464 g/mol. The second kappa shape index (κ2) is 10.3. The summed E-state index contributed by atoms with van der Waals surface area (Å²) >= 11 is 0. The first-order chi connectivity index (χ1) is 17.1. The van der Waals surface area contributed by atoms with Crippen LogP contribution in [0.1, 0.15) is 34.8 Å². The summed E-state index contributed by atoms with van der Waals surface area (Å²) in [5.74, 6) is -1.24. The average Bonchev–Trinajstić information content (AvgIpc) is 2.85. The Hall–Kier alpha value is -4.02. The van der Waals surface area contributed by atoms with Crippen LogP contribution in [0.25, 0.3) is 0 Å². The number of urea groups is 1. The quantitative estimate of drug-likeness (QED) is 0.389. The van der Waals surface area contributed by atoms with Crippen LogP contribution >= 0.6 is 0 Å². The molecule has 10 nitrogen and oxygen atoms in total. The normalized spacial score (nSPS) is 23.2. The van der Waals surface area contributed by atoms with Crippen molar-refractivity contribution in [1.82, 2.24) is 10.2 Å². The summed E-state index contributed by atoms with van der Waals surface area (Å²) in [4.78, 5) is 50.9. The van der Waals surface area contributed by atoms with Gasteiger partial charge in [-0.1, -0.05) is 30.3 Å². The van der Waals surface area contributed by atoms with Crippen LogP contribution in [0.4, 0.5) is 10.5 Å². The Kier molecular flexibility index (Phi) is 7.18. The molecule has 0 saturated heterocycles. The standard InChI is InChI=1S/C26H28N4O6/c1-14(31)15-6-8-19(9-7-15)28-26(36)29-20-10-18(12-22(32)23(20)33)25(35)30-13-17-5-3-2-4-16(17)11-21(30)24(27)34/h2-10,20-23,32-33H,11-13H2,1H3,(H2,27,34)(H2,28,29,36)/t20-,21-,22+,23+/m0/s1. The van der Waals surface area contributed by atoms with Gasteiger partial charge in [-0.2, -0.15) is 0 Å². The summed E-state index contributed by atoms with van der Waals surface area (Å²) in [5.41, 5.74) is 8.50. The van der Waals surface area contributed by atoms with E-state index in [0.717, 1.165) is 11.1 Å². The van der Waals surface area contributed by atoms with Gasteiger partial charge in [-0.05, 0) is 42.3 Å². The topological polar surface area (TPSA) is 162 Å². The summed E-state index contributed by atoms with van der Waals surface area (Å²) in [7, 11) is 0. The third-order valence-corrected chi connectivity index (χ3v) is 6.53. The zero-order valence-electron chi connectivity index (χ0n) is 19.7. The zero-order valence-corrected chi connectivity index (χ0v) is 19.7. The van der Waals surface area contributed by atoms with E-state index in [9.17, 15) is 29.4 Å². The smallest absolute Gasteiger partial charge is 0.319 e. The highest BCUT2D eigenvalue weighted by Crippen LogP contribution is 2.28. The molecule has 10 heteroatoms. The fraction of sp³-hybridized carbons (Fsp3) is 0.308. The number of hydrogen-bond donors (Lipinski definition) is 5. The van der Waals surface area contributed by atoms with Crippen molar-refractivity contribution < 1.29 is 29.4 Å². The minimum Gasteiger partial charge on any atom is -0.390 e. The lowest BCUT2D eigenvalue weighted by Gasteiger charge is -2.38. The number of rotatable bonds is 5. The molecule has 2 aromatic carbocycles. The second-order valence-electron chi connectivity index (χ2n) is 9.04. The Bertz CT molecular complexity index is 1230. The number of carbonyl (C=O) groups is 4. The Morgan fingerprint density at radius 3 is 2.28 bits per heavy atom. The Morgan fingerprint density at radius 1 is 0.972 bits per heavy atom. The van der Waals surface area contributed by atoms with E-state index in [4.69, 9.17) is 5.73 Å². The summed E-state index contributed by atoms with van der Waals surface area (Å²) in [6.07, 6.45) is -1.12. The van der Waals surface area contributed by atoms with E-state index >= 15 is 0 Å². The number of Topliss-reactive ketones (excluding diaryl/α,β-unsaturated/α-hetero) is 1. The summed E-state index contributed by atoms with van der Waals surface area (Å²) in [6, 6.07) is 11.1. The van der Waals surface area contributed by atoms with Gasteiger partial charge in [0.2, 0.25) is 5.91 Å². The average molecular weight is 493 g/mol. The van der Waals surface area contributed by atoms with Gasteiger partial charge in [0.05, 0.1) is 12.1 Å². The predicted molar refractivity (Wildman–Crippen MR) is 131 cm³/mol. The monoisotopic (exact) mass is 492 g/mol. The Labute approximate surface area is 207 Å². The van der Waals surface area contributed by atoms with Crippen molar-refractivity contribution in [1.29, 1.82) is 0 Å². The molecule has 1 aliphatic heterocycles. The van der Waals surface area contributed by atoms with Crippen molar-refractivity contribution in [3.05, 3.63) is 76.9 Å². The molecule has 0 unspecified atom stereocenters. The first-order valence-electron chi connectivity index (χ1n) is 11.6. The molecule has 4 atom stereocenters. The highest BCUT2D eigenvalue weighted by Gasteiger charge is 2.39. The number of nitrogens with one attached hydrogen (secondary N) is 2. The molecule has 0 saturated carbocycles. The van der Waals surface area contributed by atoms with E-state index in [2.05, 4.69) is 10.6 Å². The molecule has 6 N–H and O–H groups in total. The molecule has 1 heterocycles. The van der Waals surface area contributed by atoms with Gasteiger partial charge in [-0.25, -0.2) is 4.79 Å². The van der Waals surface area contributed by atoms with Crippen LogP contribution in [0.3, 0.4) is 0 Å². The van der Waals surface area contributed by atoms with Crippen molar-refractivity contribution in [3.63, 3.8) is 0 Å². The number of nitrogens with zero attached hydrogens (tertiary/aromatic N) is 1. The number of benzene rings is 2. The molecule has 0 spiro atoms. The van der Waals surface area contributed by atoms with Gasteiger partial charge >= 0.3 is 6.03 Å². The molecule has 2 aliphatic rings. The zero-order chi connectivity index (χ0) is 26.0. The van der Waals surface area contributed by atoms with Gasteiger partial charge in [-0.15, -0.1) is 0 Å². The van der Waals surface area contributed by atoms with Crippen molar-refractivity contribution in [2.24, 2.45) is 5.73 Å². The minimum absolute atomic E-state index is 0.108. The predicted octanol–water partition coefficient (Wildman–Crippen LogP) is 0.870. The molecule has 0 bridgehead atoms. The van der Waals surface area contributed by atoms with Crippen molar-refractivity contribution in [3.8, 4) is 0 Å². The number of aliphatic hydroxyl groups is 2. The van der Waals surface area contributed by atoms with Crippen LogP contribution in [0.2, 0.25) is 0 Å². The minimum atomic E-state index is -1.35. The van der Waals surface area contributed by atoms with E-state index in [0.29, 0.717) is 11.3 Å². The molecule has 0 radical (unpaired) electrons. The van der Waals surface area contributed by atoms with E-state index in [1.165, 1.54) is 17.9 Å². The number of amides is 4. The maximum Gasteiger partial charge on any atom is 0.319 e. The number of anilines is 1. The third-order valence-electron chi connectivity index (χ3n) is 6.53. The van der Waals surface area contributed by atoms with E-state index in [1.54, 1.807) is 24.3 Å². The molecule has 2 aromatic rings. The molecular formula is C26H28N4O6. The molecule has 0 aromatic heterocycles. The van der Waals surface area contributed by atoms with Crippen LogP contribution in [-0.4, -0.2) is 63.0 Å². The number of fused-ring (bicyclic) bond motifs is 1. The fourth-order valence-electron chi connectivity index (χ4n) is 4.54. The van der Waals surface area contributed by atoms with Gasteiger partial charge in [-0.3, -0.25) is 14.4 Å². The maximum atomic E-state index is 13.4. The van der Waals surface area contributed by atoms with Crippen LogP contribution in [0, 0.1) is 0 Å². The molecule has 4 rings (SSSR count). The molecule has 4 amide bonds. The van der Waals surface area contributed by atoms with E-state index in [-0.39, 0.29) is 30.7 Å². The van der Waals surface area contributed by atoms with E-state index in [1.807, 2.05) is 24.3 Å². The van der Waals surface area contributed by atoms with Gasteiger partial charge in [0, 0.05) is 36.2 Å². The van der Waals surface area contributed by atoms with Gasteiger partial charge in [0.25, 0.3) is 5.91 Å². The van der Waals surface area contributed by atoms with Gasteiger partial charge < -0.3 is 31.5 Å². The van der Waals surface area contributed by atoms with Crippen LogP contribution in [0.15, 0.2) is 60.2 Å². The number of primary amides is 1. The summed E-state index contributed by atoms with van der Waals surface area (Å²) < 4.78 is 0. The number of carbonyl (C=O) groups excluding carboxylic acids is 4. The van der Waals surface area contributed by atoms with Crippen LogP contribution in [0.5, 0.6) is 0 Å². The second-order valence-corrected chi connectivity index (χ2v) is 9.04. The highest BCUT2D eigenvalue weighted by molar-refractivity contribution is 5.98. The molecule has 188 valence electrons. The molecule has 36 heavy (non-hydrogen) atoms. The Balaban J connectivity index is 1.51. The first-order valence-corrected chi connectivity index (χ1v) is 11.6. The highest BCUT2D eigenvalue weighted by atomic mass is 16.3.